The van der Waals surface area contributed by atoms with Crippen LogP contribution in [-0.4, -0.2) is 38.0 Å². The van der Waals surface area contributed by atoms with Gasteiger partial charge in [-0.25, -0.2) is 17.8 Å². The Balaban J connectivity index is 1.91. The number of rotatable bonds is 9. The monoisotopic (exact) mass is 391 g/mol. The summed E-state index contributed by atoms with van der Waals surface area (Å²) >= 11 is 1.46. The number of benzene rings is 1. The fraction of sp³-hybridized carbons (Fsp3) is 0.278. The molecule has 6 nitrogen and oxygen atoms in total. The number of nitrogens with one attached hydrogen (secondary N) is 1. The van der Waals surface area contributed by atoms with Crippen molar-refractivity contribution in [1.82, 2.24) is 14.5 Å². The second-order valence-corrected chi connectivity index (χ2v) is 8.23. The first kappa shape index (κ1) is 18.8. The molecule has 1 aromatic carbocycles. The molecular weight excluding hydrogens is 370 g/mol. The van der Waals surface area contributed by atoms with E-state index in [2.05, 4.69) is 9.82 Å². The molecule has 1 N–H and O–H groups in total. The first-order chi connectivity index (χ1) is 12.6. The first-order valence-electron chi connectivity index (χ1n) is 8.38. The first-order valence-corrected chi connectivity index (χ1v) is 10.7. The predicted octanol–water partition coefficient (Wildman–Crippen LogP) is 3.31. The van der Waals surface area contributed by atoms with E-state index in [1.54, 1.807) is 10.9 Å². The summed E-state index contributed by atoms with van der Waals surface area (Å²) in [5, 5.41) is 6.44. The molecule has 0 fully saturated rings. The quantitative estimate of drug-likeness (QED) is 0.568. The van der Waals surface area contributed by atoms with E-state index in [4.69, 9.17) is 4.74 Å². The smallest absolute Gasteiger partial charge is 0.244 e. The minimum atomic E-state index is -3.67. The Kier molecular flexibility index (Phi) is 6.20. The van der Waals surface area contributed by atoms with Gasteiger partial charge in [-0.3, -0.25) is 0 Å². The molecule has 0 saturated carbocycles. The minimum absolute atomic E-state index is 0.181. The van der Waals surface area contributed by atoms with Crippen molar-refractivity contribution >= 4 is 21.4 Å². The lowest BCUT2D eigenvalue weighted by Crippen LogP contribution is -2.25. The molecule has 0 amide bonds. The van der Waals surface area contributed by atoms with Crippen LogP contribution in [0.4, 0.5) is 0 Å². The lowest BCUT2D eigenvalue weighted by atomic mass is 10.3. The van der Waals surface area contributed by atoms with Crippen LogP contribution in [0, 0.1) is 0 Å². The van der Waals surface area contributed by atoms with Crippen molar-refractivity contribution in [2.75, 3.05) is 19.8 Å². The molecule has 0 bridgehead atoms. The topological polar surface area (TPSA) is 73.2 Å². The van der Waals surface area contributed by atoms with Crippen LogP contribution in [0.5, 0.6) is 0 Å². The van der Waals surface area contributed by atoms with Gasteiger partial charge in [0.1, 0.15) is 10.6 Å². The van der Waals surface area contributed by atoms with E-state index in [9.17, 15) is 8.42 Å². The number of ether oxygens (including phenoxy) is 1. The molecule has 8 heteroatoms. The molecule has 138 valence electrons. The van der Waals surface area contributed by atoms with E-state index in [0.29, 0.717) is 31.9 Å². The summed E-state index contributed by atoms with van der Waals surface area (Å²) < 4.78 is 35.1. The van der Waals surface area contributed by atoms with E-state index < -0.39 is 10.0 Å². The molecule has 0 aliphatic rings. The highest BCUT2D eigenvalue weighted by Crippen LogP contribution is 2.30. The van der Waals surface area contributed by atoms with Crippen LogP contribution < -0.4 is 4.72 Å². The standard InChI is InChI=1S/C18H21N3O3S2/c1-2-24-12-7-11-19-26(22,23)17-14-21(15-8-4-3-5-9-15)20-18(17)16-10-6-13-25-16/h3-6,8-10,13-14,19H,2,7,11-12H2,1H3. The Morgan fingerprint density at radius 3 is 2.69 bits per heavy atom. The second-order valence-electron chi connectivity index (χ2n) is 5.55. The zero-order chi connectivity index (χ0) is 18.4. The highest BCUT2D eigenvalue weighted by molar-refractivity contribution is 7.89. The second kappa shape index (κ2) is 8.59. The summed E-state index contributed by atoms with van der Waals surface area (Å²) in [5.74, 6) is 0. The van der Waals surface area contributed by atoms with Gasteiger partial charge in [-0.2, -0.15) is 5.10 Å². The van der Waals surface area contributed by atoms with Crippen LogP contribution in [0.25, 0.3) is 16.3 Å². The molecule has 3 aromatic rings. The van der Waals surface area contributed by atoms with Gasteiger partial charge in [0, 0.05) is 19.8 Å². The maximum Gasteiger partial charge on any atom is 0.244 e. The molecule has 0 saturated heterocycles. The van der Waals surface area contributed by atoms with Crippen LogP contribution in [0.2, 0.25) is 0 Å². The Morgan fingerprint density at radius 1 is 1.19 bits per heavy atom. The van der Waals surface area contributed by atoms with Crippen molar-refractivity contribution in [2.24, 2.45) is 0 Å². The molecule has 2 aromatic heterocycles. The third kappa shape index (κ3) is 4.39. The van der Waals surface area contributed by atoms with E-state index in [0.717, 1.165) is 10.6 Å². The van der Waals surface area contributed by atoms with Gasteiger partial charge in [-0.1, -0.05) is 24.3 Å². The SMILES string of the molecule is CCOCCCNS(=O)(=O)c1cn(-c2ccccc2)nc1-c1cccs1. The Morgan fingerprint density at radius 2 is 2.00 bits per heavy atom. The Bertz CT molecular complexity index is 920. The molecule has 0 atom stereocenters. The van der Waals surface area contributed by atoms with Gasteiger partial charge in [-0.15, -0.1) is 11.3 Å². The van der Waals surface area contributed by atoms with Gasteiger partial charge in [0.15, 0.2) is 0 Å². The average molecular weight is 392 g/mol. The third-order valence-electron chi connectivity index (χ3n) is 3.71. The zero-order valence-electron chi connectivity index (χ0n) is 14.5. The van der Waals surface area contributed by atoms with Gasteiger partial charge in [0.25, 0.3) is 0 Å². The molecule has 0 unspecified atom stereocenters. The number of nitrogens with zero attached hydrogens (tertiary/aromatic N) is 2. The molecule has 0 aliphatic heterocycles. The van der Waals surface area contributed by atoms with Gasteiger partial charge < -0.3 is 4.74 Å². The van der Waals surface area contributed by atoms with Crippen LogP contribution >= 0.6 is 11.3 Å². The summed E-state index contributed by atoms with van der Waals surface area (Å²) in [4.78, 5) is 0.995. The van der Waals surface area contributed by atoms with Crippen molar-refractivity contribution in [3.05, 3.63) is 54.0 Å². The number of sulfonamides is 1. The van der Waals surface area contributed by atoms with Crippen LogP contribution in [0.1, 0.15) is 13.3 Å². The summed E-state index contributed by atoms with van der Waals surface area (Å²) in [6.07, 6.45) is 2.18. The normalized spacial score (nSPS) is 11.7. The Labute approximate surface area is 157 Å². The maximum atomic E-state index is 12.8. The fourth-order valence-electron chi connectivity index (χ4n) is 2.45. The molecule has 0 radical (unpaired) electrons. The van der Waals surface area contributed by atoms with E-state index >= 15 is 0 Å². The van der Waals surface area contributed by atoms with Gasteiger partial charge in [0.2, 0.25) is 10.0 Å². The van der Waals surface area contributed by atoms with Gasteiger partial charge in [-0.05, 0) is 36.9 Å². The Hall–Kier alpha value is -2.00. The minimum Gasteiger partial charge on any atom is -0.382 e. The highest BCUT2D eigenvalue weighted by Gasteiger charge is 2.24. The highest BCUT2D eigenvalue weighted by atomic mass is 32.2. The lowest BCUT2D eigenvalue weighted by molar-refractivity contribution is 0.146. The number of aromatic nitrogens is 2. The molecule has 26 heavy (non-hydrogen) atoms. The maximum absolute atomic E-state index is 12.8. The molecule has 0 aliphatic carbocycles. The van der Waals surface area contributed by atoms with E-state index in [1.807, 2.05) is 54.8 Å². The average Bonchev–Trinajstić information content (AvgIpc) is 3.32. The summed E-state index contributed by atoms with van der Waals surface area (Å²) in [5.41, 5.74) is 1.27. The number of hydrogen-bond acceptors (Lipinski definition) is 5. The van der Waals surface area contributed by atoms with Crippen molar-refractivity contribution in [2.45, 2.75) is 18.2 Å². The van der Waals surface area contributed by atoms with Crippen LogP contribution in [0.15, 0.2) is 58.9 Å². The summed E-state index contributed by atoms with van der Waals surface area (Å²) in [6, 6.07) is 13.2. The summed E-state index contributed by atoms with van der Waals surface area (Å²) in [7, 11) is -3.67. The molecule has 2 heterocycles. The molecule has 3 rings (SSSR count). The third-order valence-corrected chi connectivity index (χ3v) is 6.05. The van der Waals surface area contributed by atoms with Crippen LogP contribution in [-0.2, 0) is 14.8 Å². The zero-order valence-corrected chi connectivity index (χ0v) is 16.1. The largest absolute Gasteiger partial charge is 0.382 e. The van der Waals surface area contributed by atoms with Gasteiger partial charge in [0.05, 0.1) is 16.8 Å². The van der Waals surface area contributed by atoms with Gasteiger partial charge >= 0.3 is 0 Å². The van der Waals surface area contributed by atoms with E-state index in [1.165, 1.54) is 11.3 Å². The van der Waals surface area contributed by atoms with Crippen molar-refractivity contribution in [3.63, 3.8) is 0 Å². The van der Waals surface area contributed by atoms with Crippen molar-refractivity contribution < 1.29 is 13.2 Å². The fourth-order valence-corrected chi connectivity index (χ4v) is 4.46. The van der Waals surface area contributed by atoms with Crippen molar-refractivity contribution in [1.29, 1.82) is 0 Å². The number of para-hydroxylation sites is 1. The van der Waals surface area contributed by atoms with E-state index in [-0.39, 0.29) is 4.90 Å². The predicted molar refractivity (Wildman–Crippen MR) is 103 cm³/mol. The van der Waals surface area contributed by atoms with Crippen molar-refractivity contribution in [3.8, 4) is 16.3 Å². The van der Waals surface area contributed by atoms with Crippen LogP contribution in [0.3, 0.4) is 0 Å². The number of thiophene rings is 1. The summed E-state index contributed by atoms with van der Waals surface area (Å²) in [6.45, 7) is 3.39. The lowest BCUT2D eigenvalue weighted by Gasteiger charge is -2.06. The molecular formula is C18H21N3O3S2. The molecule has 0 spiro atoms. The number of hydrogen-bond donors (Lipinski definition) is 1.